The average molecular weight is 232 g/mol. The standard InChI is InChI=1S/C11H24N2O3/c1-10(12)4-3-5-11(15)13(6-8-14)7-9-16-2/h10,14H,3-9,12H2,1-2H3. The van der Waals surface area contributed by atoms with Gasteiger partial charge in [0.1, 0.15) is 0 Å². The van der Waals surface area contributed by atoms with Crippen molar-refractivity contribution in [2.45, 2.75) is 32.2 Å². The topological polar surface area (TPSA) is 75.8 Å². The lowest BCUT2D eigenvalue weighted by molar-refractivity contribution is -0.132. The molecule has 0 aliphatic heterocycles. The van der Waals surface area contributed by atoms with Gasteiger partial charge in [0.2, 0.25) is 5.91 Å². The zero-order valence-electron chi connectivity index (χ0n) is 10.3. The van der Waals surface area contributed by atoms with Gasteiger partial charge in [-0.3, -0.25) is 4.79 Å². The van der Waals surface area contributed by atoms with Gasteiger partial charge >= 0.3 is 0 Å². The summed E-state index contributed by atoms with van der Waals surface area (Å²) in [6.07, 6.45) is 2.14. The van der Waals surface area contributed by atoms with Gasteiger partial charge in [-0.05, 0) is 19.8 Å². The second-order valence-electron chi connectivity index (χ2n) is 3.97. The van der Waals surface area contributed by atoms with Crippen molar-refractivity contribution in [3.05, 3.63) is 0 Å². The van der Waals surface area contributed by atoms with Gasteiger partial charge in [0.25, 0.3) is 0 Å². The van der Waals surface area contributed by atoms with Crippen molar-refractivity contribution in [1.82, 2.24) is 4.90 Å². The zero-order chi connectivity index (χ0) is 12.4. The molecular formula is C11H24N2O3. The molecular weight excluding hydrogens is 208 g/mol. The van der Waals surface area contributed by atoms with E-state index in [-0.39, 0.29) is 18.6 Å². The van der Waals surface area contributed by atoms with Crippen LogP contribution in [0.3, 0.4) is 0 Å². The molecule has 3 N–H and O–H groups in total. The van der Waals surface area contributed by atoms with Crippen LogP contribution in [-0.2, 0) is 9.53 Å². The number of carbonyl (C=O) groups is 1. The fourth-order valence-electron chi connectivity index (χ4n) is 1.42. The first kappa shape index (κ1) is 15.3. The lowest BCUT2D eigenvalue weighted by atomic mass is 10.1. The van der Waals surface area contributed by atoms with E-state index in [2.05, 4.69) is 0 Å². The van der Waals surface area contributed by atoms with Crippen LogP contribution in [0.5, 0.6) is 0 Å². The molecule has 1 atom stereocenters. The molecule has 16 heavy (non-hydrogen) atoms. The van der Waals surface area contributed by atoms with Crippen LogP contribution in [0.4, 0.5) is 0 Å². The van der Waals surface area contributed by atoms with Crippen LogP contribution in [0.25, 0.3) is 0 Å². The van der Waals surface area contributed by atoms with Crippen LogP contribution in [-0.4, -0.2) is 55.4 Å². The molecule has 96 valence electrons. The van der Waals surface area contributed by atoms with Crippen molar-refractivity contribution in [2.75, 3.05) is 33.4 Å². The van der Waals surface area contributed by atoms with Crippen LogP contribution in [0.2, 0.25) is 0 Å². The second kappa shape index (κ2) is 9.57. The Morgan fingerprint density at radius 1 is 1.50 bits per heavy atom. The summed E-state index contributed by atoms with van der Waals surface area (Å²) < 4.78 is 4.92. The molecule has 0 aromatic heterocycles. The molecule has 0 aromatic carbocycles. The van der Waals surface area contributed by atoms with E-state index in [0.29, 0.717) is 26.1 Å². The highest BCUT2D eigenvalue weighted by atomic mass is 16.5. The van der Waals surface area contributed by atoms with Gasteiger partial charge < -0.3 is 20.5 Å². The van der Waals surface area contributed by atoms with Gasteiger partial charge in [-0.25, -0.2) is 0 Å². The second-order valence-corrected chi connectivity index (χ2v) is 3.97. The van der Waals surface area contributed by atoms with E-state index >= 15 is 0 Å². The number of hydrogen-bond donors (Lipinski definition) is 2. The molecule has 1 unspecified atom stereocenters. The van der Waals surface area contributed by atoms with Gasteiger partial charge in [-0.15, -0.1) is 0 Å². The summed E-state index contributed by atoms with van der Waals surface area (Å²) in [7, 11) is 1.59. The number of hydrogen-bond acceptors (Lipinski definition) is 4. The summed E-state index contributed by atoms with van der Waals surface area (Å²) in [5.74, 6) is 0.0618. The summed E-state index contributed by atoms with van der Waals surface area (Å²) in [5.41, 5.74) is 5.61. The third kappa shape index (κ3) is 7.62. The van der Waals surface area contributed by atoms with E-state index in [1.165, 1.54) is 0 Å². The molecule has 0 saturated heterocycles. The molecule has 0 radical (unpaired) electrons. The monoisotopic (exact) mass is 232 g/mol. The third-order valence-electron chi connectivity index (χ3n) is 2.34. The van der Waals surface area contributed by atoms with Gasteiger partial charge in [0, 0.05) is 32.7 Å². The molecule has 1 amide bonds. The maximum Gasteiger partial charge on any atom is 0.222 e. The molecule has 0 spiro atoms. The minimum atomic E-state index is -0.0112. The SMILES string of the molecule is COCCN(CCO)C(=O)CCCC(C)N. The van der Waals surface area contributed by atoms with Gasteiger partial charge in [-0.2, -0.15) is 0 Å². The molecule has 0 saturated carbocycles. The molecule has 0 fully saturated rings. The van der Waals surface area contributed by atoms with Crippen LogP contribution in [0, 0.1) is 0 Å². The highest BCUT2D eigenvalue weighted by molar-refractivity contribution is 5.76. The van der Waals surface area contributed by atoms with Gasteiger partial charge in [0.05, 0.1) is 13.2 Å². The average Bonchev–Trinajstić information content (AvgIpc) is 2.23. The maximum absolute atomic E-state index is 11.7. The zero-order valence-corrected chi connectivity index (χ0v) is 10.3. The number of nitrogens with zero attached hydrogens (tertiary/aromatic N) is 1. The lowest BCUT2D eigenvalue weighted by Crippen LogP contribution is -2.36. The van der Waals surface area contributed by atoms with Gasteiger partial charge in [0.15, 0.2) is 0 Å². The van der Waals surface area contributed by atoms with Crippen molar-refractivity contribution in [2.24, 2.45) is 5.73 Å². The third-order valence-corrected chi connectivity index (χ3v) is 2.34. The Labute approximate surface area is 97.6 Å². The predicted molar refractivity (Wildman–Crippen MR) is 63.0 cm³/mol. The molecule has 0 rings (SSSR count). The van der Waals surface area contributed by atoms with E-state index in [1.54, 1.807) is 12.0 Å². The quantitative estimate of drug-likeness (QED) is 0.585. The predicted octanol–water partition coefficient (Wildman–Crippen LogP) is -0.0288. The number of aliphatic hydroxyl groups is 1. The Bertz CT molecular complexity index is 186. The summed E-state index contributed by atoms with van der Waals surface area (Å²) >= 11 is 0. The number of aliphatic hydroxyl groups excluding tert-OH is 1. The molecule has 5 heteroatoms. The Balaban J connectivity index is 3.86. The molecule has 0 bridgehead atoms. The fourth-order valence-corrected chi connectivity index (χ4v) is 1.42. The van der Waals surface area contributed by atoms with E-state index in [1.807, 2.05) is 6.92 Å². The van der Waals surface area contributed by atoms with Crippen molar-refractivity contribution in [3.8, 4) is 0 Å². The van der Waals surface area contributed by atoms with Crippen LogP contribution < -0.4 is 5.73 Å². The molecule has 0 heterocycles. The number of methoxy groups -OCH3 is 1. The summed E-state index contributed by atoms with van der Waals surface area (Å²) in [6.45, 7) is 3.33. The first-order chi connectivity index (χ1) is 7.61. The van der Waals surface area contributed by atoms with E-state index in [4.69, 9.17) is 15.6 Å². The molecule has 0 aliphatic rings. The number of carbonyl (C=O) groups excluding carboxylic acids is 1. The number of nitrogens with two attached hydrogens (primary N) is 1. The first-order valence-corrected chi connectivity index (χ1v) is 5.75. The number of rotatable bonds is 9. The van der Waals surface area contributed by atoms with Crippen molar-refractivity contribution < 1.29 is 14.6 Å². The minimum absolute atomic E-state index is 0.0112. The highest BCUT2D eigenvalue weighted by Crippen LogP contribution is 2.02. The Morgan fingerprint density at radius 3 is 2.69 bits per heavy atom. The Morgan fingerprint density at radius 2 is 2.19 bits per heavy atom. The van der Waals surface area contributed by atoms with Gasteiger partial charge in [-0.1, -0.05) is 0 Å². The molecule has 0 aromatic rings. The largest absolute Gasteiger partial charge is 0.395 e. The lowest BCUT2D eigenvalue weighted by Gasteiger charge is -2.21. The van der Waals surface area contributed by atoms with Crippen LogP contribution in [0.15, 0.2) is 0 Å². The van der Waals surface area contributed by atoms with Crippen LogP contribution in [0.1, 0.15) is 26.2 Å². The van der Waals surface area contributed by atoms with E-state index in [9.17, 15) is 4.79 Å². The normalized spacial score (nSPS) is 12.5. The van der Waals surface area contributed by atoms with Crippen LogP contribution >= 0.6 is 0 Å². The summed E-state index contributed by atoms with van der Waals surface area (Å²) in [4.78, 5) is 13.4. The Kier molecular flexibility index (Phi) is 9.18. The number of ether oxygens (including phenoxy) is 1. The summed E-state index contributed by atoms with van der Waals surface area (Å²) in [6, 6.07) is 0.137. The smallest absolute Gasteiger partial charge is 0.222 e. The van der Waals surface area contributed by atoms with Crippen molar-refractivity contribution >= 4 is 5.91 Å². The Hall–Kier alpha value is -0.650. The highest BCUT2D eigenvalue weighted by Gasteiger charge is 2.12. The van der Waals surface area contributed by atoms with Crippen molar-refractivity contribution in [1.29, 1.82) is 0 Å². The first-order valence-electron chi connectivity index (χ1n) is 5.75. The minimum Gasteiger partial charge on any atom is -0.395 e. The fraction of sp³-hybridized carbons (Fsp3) is 0.909. The van der Waals surface area contributed by atoms with E-state index in [0.717, 1.165) is 12.8 Å². The number of amides is 1. The van der Waals surface area contributed by atoms with E-state index < -0.39 is 0 Å². The summed E-state index contributed by atoms with van der Waals surface area (Å²) in [5, 5.41) is 8.84. The molecule has 0 aliphatic carbocycles. The maximum atomic E-state index is 11.7. The molecule has 5 nitrogen and oxygen atoms in total. The van der Waals surface area contributed by atoms with Crippen molar-refractivity contribution in [3.63, 3.8) is 0 Å².